The van der Waals surface area contributed by atoms with Crippen molar-refractivity contribution in [2.45, 2.75) is 33.1 Å². The number of H-pyrrole nitrogens is 3. The highest BCUT2D eigenvalue weighted by atomic mass is 16.5. The van der Waals surface area contributed by atoms with Crippen molar-refractivity contribution in [1.29, 1.82) is 0 Å². The van der Waals surface area contributed by atoms with E-state index in [9.17, 15) is 29.4 Å². The first kappa shape index (κ1) is 27.5. The van der Waals surface area contributed by atoms with Crippen molar-refractivity contribution in [3.05, 3.63) is 91.3 Å². The van der Waals surface area contributed by atoms with E-state index in [1.54, 1.807) is 32.0 Å². The fourth-order valence-corrected chi connectivity index (χ4v) is 5.60. The Bertz CT molecular complexity index is 2070. The van der Waals surface area contributed by atoms with Crippen LogP contribution in [0.15, 0.2) is 52.3 Å². The van der Waals surface area contributed by atoms with Crippen LogP contribution in [0.5, 0.6) is 11.5 Å². The number of nitrogens with zero attached hydrogens (tertiary/aromatic N) is 1. The van der Waals surface area contributed by atoms with Gasteiger partial charge in [0.1, 0.15) is 5.75 Å². The number of pyridine rings is 2. The molecule has 1 aliphatic rings. The molecule has 0 bridgehead atoms. The minimum atomic E-state index is -1.62. The van der Waals surface area contributed by atoms with Gasteiger partial charge in [-0.1, -0.05) is 32.0 Å². The maximum atomic E-state index is 13.5. The number of carboxylic acid groups (broad SMARTS) is 1. The van der Waals surface area contributed by atoms with Gasteiger partial charge < -0.3 is 35.2 Å². The number of aromatic hydroxyl groups is 1. The normalized spacial score (nSPS) is 12.2. The van der Waals surface area contributed by atoms with Crippen molar-refractivity contribution < 1.29 is 24.5 Å². The van der Waals surface area contributed by atoms with E-state index in [-0.39, 0.29) is 24.1 Å². The van der Waals surface area contributed by atoms with Gasteiger partial charge in [0.2, 0.25) is 0 Å². The van der Waals surface area contributed by atoms with Gasteiger partial charge in [-0.2, -0.15) is 0 Å². The molecule has 0 fully saturated rings. The molecule has 43 heavy (non-hydrogen) atoms. The highest BCUT2D eigenvalue weighted by Gasteiger charge is 2.30. The van der Waals surface area contributed by atoms with Crippen LogP contribution in [0.3, 0.4) is 0 Å². The van der Waals surface area contributed by atoms with Gasteiger partial charge in [0.15, 0.2) is 16.9 Å². The molecule has 12 heteroatoms. The van der Waals surface area contributed by atoms with Crippen LogP contribution in [-0.2, 0) is 19.3 Å². The highest BCUT2D eigenvalue weighted by molar-refractivity contribution is 5.98. The molecule has 218 valence electrons. The SMILES string of the molecule is CCc1c(-c2ccc3c(c2)NCC3)[nH]c(=O)c(C(=O)Oc2c(CC)c(-c3ccc4nc[nH]c4c3)[nH]c(=O)c2C(=O)O)c1O. The summed E-state index contributed by atoms with van der Waals surface area (Å²) in [6, 6.07) is 10.8. The Balaban J connectivity index is 1.47. The van der Waals surface area contributed by atoms with Gasteiger partial charge in [0.25, 0.3) is 11.1 Å². The summed E-state index contributed by atoms with van der Waals surface area (Å²) < 4.78 is 5.55. The van der Waals surface area contributed by atoms with E-state index in [1.807, 2.05) is 18.2 Å². The number of esters is 1. The van der Waals surface area contributed by atoms with E-state index in [0.717, 1.165) is 24.2 Å². The number of anilines is 1. The van der Waals surface area contributed by atoms with Crippen molar-refractivity contribution in [3.8, 4) is 34.0 Å². The molecule has 0 saturated carbocycles. The molecule has 0 radical (unpaired) electrons. The monoisotopic (exact) mass is 581 g/mol. The third-order valence-corrected chi connectivity index (χ3v) is 7.70. The number of nitrogens with one attached hydrogen (secondary N) is 4. The van der Waals surface area contributed by atoms with Gasteiger partial charge in [-0.25, -0.2) is 14.6 Å². The van der Waals surface area contributed by atoms with Crippen LogP contribution < -0.4 is 21.2 Å². The summed E-state index contributed by atoms with van der Waals surface area (Å²) in [4.78, 5) is 64.5. The second-order valence-corrected chi connectivity index (χ2v) is 10.1. The molecule has 1 aliphatic heterocycles. The molecule has 5 aromatic rings. The zero-order chi connectivity index (χ0) is 30.4. The largest absolute Gasteiger partial charge is 0.506 e. The molecule has 0 amide bonds. The molecule has 6 N–H and O–H groups in total. The van der Waals surface area contributed by atoms with Gasteiger partial charge in [-0.3, -0.25) is 9.59 Å². The predicted molar refractivity (Wildman–Crippen MR) is 159 cm³/mol. The van der Waals surface area contributed by atoms with Crippen LogP contribution in [0.4, 0.5) is 5.69 Å². The number of aromatic nitrogens is 4. The lowest BCUT2D eigenvalue weighted by Gasteiger charge is -2.17. The summed E-state index contributed by atoms with van der Waals surface area (Å²) in [5, 5.41) is 24.4. The second kappa shape index (κ2) is 10.6. The summed E-state index contributed by atoms with van der Waals surface area (Å²) in [7, 11) is 0. The number of hydrogen-bond donors (Lipinski definition) is 6. The Morgan fingerprint density at radius 1 is 0.930 bits per heavy atom. The van der Waals surface area contributed by atoms with Crippen LogP contribution in [0, 0.1) is 0 Å². The first-order chi connectivity index (χ1) is 20.7. The number of ether oxygens (including phenoxy) is 1. The van der Waals surface area contributed by atoms with Gasteiger partial charge in [0, 0.05) is 34.5 Å². The summed E-state index contributed by atoms with van der Waals surface area (Å²) in [5.74, 6) is -4.01. The van der Waals surface area contributed by atoms with Crippen molar-refractivity contribution in [2.75, 3.05) is 11.9 Å². The predicted octanol–water partition coefficient (Wildman–Crippen LogP) is 3.99. The quantitative estimate of drug-likeness (QED) is 0.154. The van der Waals surface area contributed by atoms with Crippen molar-refractivity contribution in [2.24, 2.45) is 0 Å². The Morgan fingerprint density at radius 2 is 1.60 bits per heavy atom. The Morgan fingerprint density at radius 3 is 2.33 bits per heavy atom. The Kier molecular flexibility index (Phi) is 6.81. The number of carbonyl (C=O) groups excluding carboxylic acids is 1. The summed E-state index contributed by atoms with van der Waals surface area (Å²) >= 11 is 0. The van der Waals surface area contributed by atoms with E-state index in [4.69, 9.17) is 4.74 Å². The minimum absolute atomic E-state index is 0.157. The molecule has 3 aromatic heterocycles. The number of imidazole rings is 1. The van der Waals surface area contributed by atoms with Crippen LogP contribution in [0.2, 0.25) is 0 Å². The number of fused-ring (bicyclic) bond motifs is 2. The molecule has 0 atom stereocenters. The van der Waals surface area contributed by atoms with Crippen LogP contribution >= 0.6 is 0 Å². The minimum Gasteiger partial charge on any atom is -0.506 e. The molecule has 12 nitrogen and oxygen atoms in total. The molecular weight excluding hydrogens is 554 g/mol. The van der Waals surface area contributed by atoms with E-state index in [2.05, 4.69) is 25.3 Å². The van der Waals surface area contributed by atoms with E-state index >= 15 is 0 Å². The maximum Gasteiger partial charge on any atom is 0.353 e. The van der Waals surface area contributed by atoms with E-state index < -0.39 is 45.7 Å². The molecule has 0 aliphatic carbocycles. The average molecular weight is 582 g/mol. The first-order valence-electron chi connectivity index (χ1n) is 13.7. The van der Waals surface area contributed by atoms with Gasteiger partial charge in [-0.05, 0) is 43.0 Å². The summed E-state index contributed by atoms with van der Waals surface area (Å²) in [6.07, 6.45) is 2.81. The lowest BCUT2D eigenvalue weighted by Crippen LogP contribution is -2.27. The van der Waals surface area contributed by atoms with Crippen molar-refractivity contribution in [1.82, 2.24) is 19.9 Å². The lowest BCUT2D eigenvalue weighted by molar-refractivity contribution is 0.0677. The highest BCUT2D eigenvalue weighted by Crippen LogP contribution is 2.36. The lowest BCUT2D eigenvalue weighted by atomic mass is 9.98. The third-order valence-electron chi connectivity index (χ3n) is 7.70. The van der Waals surface area contributed by atoms with Crippen molar-refractivity contribution >= 4 is 28.7 Å². The first-order valence-corrected chi connectivity index (χ1v) is 13.7. The average Bonchev–Trinajstić information content (AvgIpc) is 3.65. The van der Waals surface area contributed by atoms with Crippen molar-refractivity contribution in [3.63, 3.8) is 0 Å². The van der Waals surface area contributed by atoms with Gasteiger partial charge >= 0.3 is 11.9 Å². The molecule has 0 saturated heterocycles. The van der Waals surface area contributed by atoms with Gasteiger partial charge in [0.05, 0.1) is 28.7 Å². The van der Waals surface area contributed by atoms with E-state index in [0.29, 0.717) is 33.4 Å². The fraction of sp³-hybridized carbons (Fsp3) is 0.194. The smallest absolute Gasteiger partial charge is 0.353 e. The Hall–Kier alpha value is -5.65. The molecule has 6 rings (SSSR count). The number of hydrogen-bond acceptors (Lipinski definition) is 8. The number of carboxylic acids is 1. The molecular formula is C31H27N5O7. The van der Waals surface area contributed by atoms with Crippen LogP contribution in [0.1, 0.15) is 51.3 Å². The molecule has 2 aromatic carbocycles. The number of aromatic carboxylic acids is 1. The van der Waals surface area contributed by atoms with Crippen LogP contribution in [0.25, 0.3) is 33.5 Å². The molecule has 0 unspecified atom stereocenters. The zero-order valence-corrected chi connectivity index (χ0v) is 23.3. The second-order valence-electron chi connectivity index (χ2n) is 10.1. The standard InChI is InChI=1S/C31H27N5O7/c1-3-17-24(15-6-5-14-9-10-32-20(14)11-15)35-28(38)22(26(17)37)31(42)43-27-18(4-2)25(36-29(39)23(27)30(40)41)16-7-8-19-21(12-16)34-13-33-19/h5-8,11-13,32H,3-4,9-10H2,1-2H3,(H,33,34)(H,36,39)(H,40,41)(H2,35,37,38). The fourth-order valence-electron chi connectivity index (χ4n) is 5.60. The van der Waals surface area contributed by atoms with E-state index in [1.165, 1.54) is 6.33 Å². The topological polar surface area (TPSA) is 190 Å². The maximum absolute atomic E-state index is 13.5. The number of aromatic amines is 3. The number of benzene rings is 2. The van der Waals surface area contributed by atoms with Gasteiger partial charge in [-0.15, -0.1) is 0 Å². The molecule has 4 heterocycles. The number of carbonyl (C=O) groups is 2. The number of rotatable bonds is 7. The summed E-state index contributed by atoms with van der Waals surface area (Å²) in [6.45, 7) is 4.26. The zero-order valence-electron chi connectivity index (χ0n) is 23.3. The van der Waals surface area contributed by atoms with Crippen LogP contribution in [-0.4, -0.2) is 48.6 Å². The molecule has 0 spiro atoms. The third kappa shape index (κ3) is 4.62. The summed E-state index contributed by atoms with van der Waals surface area (Å²) in [5.41, 5.74) is 2.27. The Labute approximate surface area is 243 Å².